The summed E-state index contributed by atoms with van der Waals surface area (Å²) >= 11 is 0. The molecule has 0 aromatic heterocycles. The predicted molar refractivity (Wildman–Crippen MR) is 275 cm³/mol. The minimum absolute atomic E-state index is 0.0645. The van der Waals surface area contributed by atoms with Crippen molar-refractivity contribution in [3.8, 4) is 0 Å². The van der Waals surface area contributed by atoms with Crippen molar-refractivity contribution in [2.75, 3.05) is 13.2 Å². The van der Waals surface area contributed by atoms with Crippen molar-refractivity contribution in [2.45, 2.75) is 329 Å². The van der Waals surface area contributed by atoms with Crippen LogP contribution in [0.5, 0.6) is 0 Å². The van der Waals surface area contributed by atoms with E-state index in [2.05, 4.69) is 32.9 Å². The van der Waals surface area contributed by atoms with Gasteiger partial charge in [-0.2, -0.15) is 0 Å². The predicted octanol–water partition coefficient (Wildman–Crippen LogP) is 18.9. The lowest BCUT2D eigenvalue weighted by atomic mass is 10.0. The molecule has 0 N–H and O–H groups in total. The van der Waals surface area contributed by atoms with E-state index in [1.54, 1.807) is 0 Å². The molecule has 0 saturated carbocycles. The summed E-state index contributed by atoms with van der Waals surface area (Å²) in [5, 5.41) is 0. The van der Waals surface area contributed by atoms with Gasteiger partial charge < -0.3 is 14.2 Å². The van der Waals surface area contributed by atoms with Crippen LogP contribution in [0.25, 0.3) is 0 Å². The average molecular weight is 904 g/mol. The highest BCUT2D eigenvalue weighted by atomic mass is 16.6. The van der Waals surface area contributed by atoms with Gasteiger partial charge in [-0.1, -0.05) is 270 Å². The topological polar surface area (TPSA) is 78.9 Å². The van der Waals surface area contributed by atoms with Crippen LogP contribution in [0.15, 0.2) is 12.2 Å². The van der Waals surface area contributed by atoms with E-state index in [-0.39, 0.29) is 31.1 Å². The lowest BCUT2D eigenvalue weighted by Crippen LogP contribution is -2.30. The standard InChI is InChI=1S/C58H110O6/c1-4-7-10-13-16-19-22-25-27-28-29-30-32-34-37-39-42-45-48-51-57(60)63-54-55(64-58(61)52-49-46-43-40-35-24-21-18-15-12-9-6-3)53-62-56(59)50-47-44-41-38-36-33-31-26-23-20-17-14-11-8-5-2/h25,27,55H,4-24,26,28-54H2,1-3H3/b27-25-/t55-/m0/s1. The van der Waals surface area contributed by atoms with E-state index in [1.807, 2.05) is 0 Å². The molecule has 378 valence electrons. The minimum atomic E-state index is -0.764. The number of ether oxygens (including phenoxy) is 3. The zero-order chi connectivity index (χ0) is 46.5. The third-order valence-electron chi connectivity index (χ3n) is 13.0. The normalized spacial score (nSPS) is 12.0. The molecular weight excluding hydrogens is 793 g/mol. The Morgan fingerprint density at radius 1 is 0.297 bits per heavy atom. The van der Waals surface area contributed by atoms with Crippen LogP contribution < -0.4 is 0 Å². The van der Waals surface area contributed by atoms with E-state index in [9.17, 15) is 14.4 Å². The molecular formula is C58H110O6. The number of hydrogen-bond donors (Lipinski definition) is 0. The van der Waals surface area contributed by atoms with E-state index >= 15 is 0 Å². The molecule has 0 aromatic carbocycles. The van der Waals surface area contributed by atoms with E-state index in [1.165, 1.54) is 225 Å². The Hall–Kier alpha value is -1.85. The van der Waals surface area contributed by atoms with Crippen LogP contribution in [0.2, 0.25) is 0 Å². The van der Waals surface area contributed by atoms with Gasteiger partial charge in [-0.3, -0.25) is 14.4 Å². The highest BCUT2D eigenvalue weighted by Crippen LogP contribution is 2.17. The molecule has 0 rings (SSSR count). The van der Waals surface area contributed by atoms with Gasteiger partial charge in [0.05, 0.1) is 0 Å². The molecule has 0 heterocycles. The van der Waals surface area contributed by atoms with Gasteiger partial charge in [0.25, 0.3) is 0 Å². The molecule has 0 radical (unpaired) electrons. The van der Waals surface area contributed by atoms with Crippen molar-refractivity contribution in [3.63, 3.8) is 0 Å². The summed E-state index contributed by atoms with van der Waals surface area (Å²) in [5.74, 6) is -0.844. The lowest BCUT2D eigenvalue weighted by Gasteiger charge is -2.18. The average Bonchev–Trinajstić information content (AvgIpc) is 3.29. The summed E-state index contributed by atoms with van der Waals surface area (Å²) in [5.41, 5.74) is 0. The Morgan fingerprint density at radius 3 is 0.781 bits per heavy atom. The Labute approximate surface area is 399 Å². The van der Waals surface area contributed by atoms with Crippen LogP contribution in [0, 0.1) is 0 Å². The van der Waals surface area contributed by atoms with Gasteiger partial charge in [0.15, 0.2) is 6.10 Å². The van der Waals surface area contributed by atoms with Gasteiger partial charge in [0.2, 0.25) is 0 Å². The molecule has 0 spiro atoms. The number of carbonyl (C=O) groups is 3. The van der Waals surface area contributed by atoms with E-state index in [0.29, 0.717) is 19.3 Å². The molecule has 0 aliphatic heterocycles. The number of allylic oxidation sites excluding steroid dienone is 2. The van der Waals surface area contributed by atoms with Gasteiger partial charge in [0.1, 0.15) is 13.2 Å². The smallest absolute Gasteiger partial charge is 0.306 e. The summed E-state index contributed by atoms with van der Waals surface area (Å²) in [7, 11) is 0. The Morgan fingerprint density at radius 2 is 0.516 bits per heavy atom. The molecule has 0 aromatic rings. The summed E-state index contributed by atoms with van der Waals surface area (Å²) in [6.45, 7) is 6.68. The fourth-order valence-electron chi connectivity index (χ4n) is 8.68. The quantitative estimate of drug-likeness (QED) is 0.0262. The van der Waals surface area contributed by atoms with Crippen molar-refractivity contribution in [2.24, 2.45) is 0 Å². The summed E-state index contributed by atoms with van der Waals surface area (Å²) < 4.78 is 16.9. The molecule has 6 heteroatoms. The van der Waals surface area contributed by atoms with E-state index in [4.69, 9.17) is 14.2 Å². The fourth-order valence-corrected chi connectivity index (χ4v) is 8.68. The van der Waals surface area contributed by atoms with E-state index in [0.717, 1.165) is 57.8 Å². The first-order valence-corrected chi connectivity index (χ1v) is 28.7. The molecule has 1 atom stereocenters. The zero-order valence-electron chi connectivity index (χ0n) is 43.3. The number of unbranched alkanes of at least 4 members (excludes halogenated alkanes) is 40. The van der Waals surface area contributed by atoms with Gasteiger partial charge in [-0.15, -0.1) is 0 Å². The molecule has 0 bridgehead atoms. The van der Waals surface area contributed by atoms with Crippen LogP contribution in [0.3, 0.4) is 0 Å². The number of esters is 3. The third-order valence-corrected chi connectivity index (χ3v) is 13.0. The first-order chi connectivity index (χ1) is 31.5. The van der Waals surface area contributed by atoms with E-state index < -0.39 is 6.10 Å². The monoisotopic (exact) mass is 903 g/mol. The number of carbonyl (C=O) groups excluding carboxylic acids is 3. The van der Waals surface area contributed by atoms with Gasteiger partial charge in [0, 0.05) is 19.3 Å². The molecule has 0 aliphatic carbocycles. The van der Waals surface area contributed by atoms with Crippen LogP contribution in [0.1, 0.15) is 323 Å². The van der Waals surface area contributed by atoms with Crippen molar-refractivity contribution in [3.05, 3.63) is 12.2 Å². The maximum absolute atomic E-state index is 12.8. The second-order valence-electron chi connectivity index (χ2n) is 19.6. The Kier molecular flexibility index (Phi) is 52.2. The molecule has 0 unspecified atom stereocenters. The maximum atomic E-state index is 12.8. The molecule has 0 amide bonds. The molecule has 0 aliphatic rings. The van der Waals surface area contributed by atoms with Crippen LogP contribution in [-0.2, 0) is 28.6 Å². The molecule has 0 saturated heterocycles. The maximum Gasteiger partial charge on any atom is 0.306 e. The summed E-state index contributed by atoms with van der Waals surface area (Å²) in [6, 6.07) is 0. The number of rotatable bonds is 53. The van der Waals surface area contributed by atoms with Gasteiger partial charge >= 0.3 is 17.9 Å². The molecule has 0 fully saturated rings. The van der Waals surface area contributed by atoms with Crippen molar-refractivity contribution >= 4 is 17.9 Å². The highest BCUT2D eigenvalue weighted by molar-refractivity contribution is 5.71. The largest absolute Gasteiger partial charge is 0.462 e. The highest BCUT2D eigenvalue weighted by Gasteiger charge is 2.19. The zero-order valence-corrected chi connectivity index (χ0v) is 43.3. The van der Waals surface area contributed by atoms with Crippen molar-refractivity contribution in [1.82, 2.24) is 0 Å². The van der Waals surface area contributed by atoms with Gasteiger partial charge in [-0.05, 0) is 44.9 Å². The second kappa shape index (κ2) is 53.8. The van der Waals surface area contributed by atoms with Crippen molar-refractivity contribution in [1.29, 1.82) is 0 Å². The first-order valence-electron chi connectivity index (χ1n) is 28.7. The summed E-state index contributed by atoms with van der Waals surface area (Å²) in [6.07, 6.45) is 60.5. The summed E-state index contributed by atoms with van der Waals surface area (Å²) in [4.78, 5) is 38.1. The van der Waals surface area contributed by atoms with Crippen LogP contribution in [-0.4, -0.2) is 37.2 Å². The minimum Gasteiger partial charge on any atom is -0.462 e. The number of hydrogen-bond acceptors (Lipinski definition) is 6. The fraction of sp³-hybridized carbons (Fsp3) is 0.914. The Bertz CT molecular complexity index is 993. The van der Waals surface area contributed by atoms with Crippen LogP contribution >= 0.6 is 0 Å². The molecule has 6 nitrogen and oxygen atoms in total. The SMILES string of the molecule is CCCCCCCC/C=C\CCCCCCCCCCCC(=O)OC[C@H](COC(=O)CCCCCCCCCCCCCCCCC)OC(=O)CCCCCCCCCCCCCC. The Balaban J connectivity index is 4.27. The van der Waals surface area contributed by atoms with Crippen molar-refractivity contribution < 1.29 is 28.6 Å². The van der Waals surface area contributed by atoms with Crippen LogP contribution in [0.4, 0.5) is 0 Å². The lowest BCUT2D eigenvalue weighted by molar-refractivity contribution is -0.167. The second-order valence-corrected chi connectivity index (χ2v) is 19.6. The molecule has 64 heavy (non-hydrogen) atoms. The first kappa shape index (κ1) is 62.1. The van der Waals surface area contributed by atoms with Gasteiger partial charge in [-0.25, -0.2) is 0 Å². The third kappa shape index (κ3) is 51.1.